The molecular weight excluding hydrogens is 322 g/mol. The summed E-state index contributed by atoms with van der Waals surface area (Å²) in [5.74, 6) is -0.514. The van der Waals surface area contributed by atoms with Crippen LogP contribution in [-0.2, 0) is 4.79 Å². The molecule has 0 aromatic heterocycles. The lowest BCUT2D eigenvalue weighted by atomic mass is 9.90. The first-order chi connectivity index (χ1) is 12.0. The van der Waals surface area contributed by atoms with E-state index in [0.717, 1.165) is 12.0 Å². The molecule has 1 heterocycles. The van der Waals surface area contributed by atoms with Crippen LogP contribution in [0.2, 0.25) is 0 Å². The van der Waals surface area contributed by atoms with Crippen LogP contribution in [0.3, 0.4) is 0 Å². The average Bonchev–Trinajstić information content (AvgIpc) is 2.61. The Hall–Kier alpha value is -3.02. The number of nitrogens with zero attached hydrogens (tertiary/aromatic N) is 1. The molecule has 6 nitrogen and oxygen atoms in total. The molecule has 1 aliphatic rings. The lowest BCUT2D eigenvalue weighted by molar-refractivity contribution is -0.139. The number of carboxylic acids is 1. The summed E-state index contributed by atoms with van der Waals surface area (Å²) in [4.78, 5) is 25.0. The van der Waals surface area contributed by atoms with E-state index in [4.69, 9.17) is 9.84 Å². The molecule has 1 atom stereocenters. The Kier molecular flexibility index (Phi) is 4.61. The molecule has 0 radical (unpaired) electrons. The van der Waals surface area contributed by atoms with Crippen molar-refractivity contribution in [3.05, 3.63) is 53.6 Å². The van der Waals surface area contributed by atoms with Gasteiger partial charge in [0.15, 0.2) is 6.61 Å². The van der Waals surface area contributed by atoms with E-state index in [1.165, 1.54) is 0 Å². The molecule has 1 amide bonds. The molecule has 25 heavy (non-hydrogen) atoms. The van der Waals surface area contributed by atoms with Gasteiger partial charge in [-0.3, -0.25) is 4.79 Å². The Morgan fingerprint density at radius 3 is 2.60 bits per heavy atom. The highest BCUT2D eigenvalue weighted by atomic mass is 16.5. The maximum Gasteiger partial charge on any atom is 0.341 e. The van der Waals surface area contributed by atoms with Gasteiger partial charge < -0.3 is 19.8 Å². The maximum absolute atomic E-state index is 12.9. The lowest BCUT2D eigenvalue weighted by Gasteiger charge is -2.33. The van der Waals surface area contributed by atoms with Gasteiger partial charge in [0.1, 0.15) is 11.5 Å². The number of aliphatic carboxylic acids is 1. The molecule has 0 fully saturated rings. The Morgan fingerprint density at radius 1 is 1.20 bits per heavy atom. The molecular formula is C19H19NO5. The highest BCUT2D eigenvalue weighted by Crippen LogP contribution is 2.41. The van der Waals surface area contributed by atoms with Crippen molar-refractivity contribution in [1.29, 1.82) is 0 Å². The van der Waals surface area contributed by atoms with Crippen molar-refractivity contribution in [3.63, 3.8) is 0 Å². The minimum atomic E-state index is -1.06. The fourth-order valence-corrected chi connectivity index (χ4v) is 3.03. The van der Waals surface area contributed by atoms with Crippen LogP contribution in [-0.4, -0.2) is 35.2 Å². The number of aromatic hydroxyl groups is 1. The number of phenolic OH excluding ortho intramolecular Hbond substituents is 1. The first-order valence-electron chi connectivity index (χ1n) is 8.05. The fraction of sp³-hybridized carbons (Fsp3) is 0.263. The third-order valence-electron chi connectivity index (χ3n) is 4.34. The van der Waals surface area contributed by atoms with E-state index >= 15 is 0 Å². The van der Waals surface area contributed by atoms with Crippen LogP contribution < -0.4 is 9.64 Å². The first kappa shape index (κ1) is 16.8. The number of hydrogen-bond acceptors (Lipinski definition) is 4. The number of ether oxygens (including phenoxy) is 1. The van der Waals surface area contributed by atoms with Gasteiger partial charge in [-0.05, 0) is 48.2 Å². The molecule has 2 N–H and O–H groups in total. The molecule has 1 aliphatic heterocycles. The summed E-state index contributed by atoms with van der Waals surface area (Å²) in [6, 6.07) is 11.6. The highest BCUT2D eigenvalue weighted by molar-refractivity contribution is 6.07. The van der Waals surface area contributed by atoms with Gasteiger partial charge in [-0.25, -0.2) is 4.79 Å². The van der Waals surface area contributed by atoms with Gasteiger partial charge in [-0.2, -0.15) is 0 Å². The van der Waals surface area contributed by atoms with Crippen molar-refractivity contribution in [3.8, 4) is 11.5 Å². The molecule has 2 aromatic rings. The van der Waals surface area contributed by atoms with Crippen LogP contribution >= 0.6 is 0 Å². The molecule has 1 unspecified atom stereocenters. The zero-order valence-electron chi connectivity index (χ0n) is 13.8. The number of hydrogen-bond donors (Lipinski definition) is 2. The molecule has 130 valence electrons. The summed E-state index contributed by atoms with van der Waals surface area (Å²) in [7, 11) is 0. The van der Waals surface area contributed by atoms with Crippen LogP contribution in [0.1, 0.15) is 35.2 Å². The molecule has 3 rings (SSSR count). The maximum atomic E-state index is 12.9. The van der Waals surface area contributed by atoms with E-state index in [-0.39, 0.29) is 17.6 Å². The van der Waals surface area contributed by atoms with Crippen LogP contribution in [0.5, 0.6) is 11.5 Å². The second-order valence-corrected chi connectivity index (χ2v) is 6.07. The minimum Gasteiger partial charge on any atom is -0.506 e. The van der Waals surface area contributed by atoms with Gasteiger partial charge in [-0.1, -0.05) is 19.1 Å². The van der Waals surface area contributed by atoms with Crippen molar-refractivity contribution in [2.75, 3.05) is 18.1 Å². The summed E-state index contributed by atoms with van der Waals surface area (Å²) in [6.07, 6.45) is 0.821. The number of carboxylic acid groups (broad SMARTS) is 1. The lowest BCUT2D eigenvalue weighted by Crippen LogP contribution is -2.36. The van der Waals surface area contributed by atoms with Gasteiger partial charge in [-0.15, -0.1) is 0 Å². The molecule has 0 aliphatic carbocycles. The van der Waals surface area contributed by atoms with E-state index in [2.05, 4.69) is 6.92 Å². The standard InChI is InChI=1S/C19H19NO5/c1-12-9-10-20(18-15(12)3-2-4-16(18)21)19(24)13-5-7-14(8-6-13)25-11-17(22)23/h2-8,12,21H,9-11H2,1H3,(H,22,23). The monoisotopic (exact) mass is 341 g/mol. The second kappa shape index (κ2) is 6.84. The summed E-state index contributed by atoms with van der Waals surface area (Å²) >= 11 is 0. The van der Waals surface area contributed by atoms with Crippen molar-refractivity contribution in [2.24, 2.45) is 0 Å². The van der Waals surface area contributed by atoms with Gasteiger partial charge >= 0.3 is 5.97 Å². The number of benzene rings is 2. The summed E-state index contributed by atoms with van der Waals surface area (Å²) in [5, 5.41) is 18.9. The molecule has 0 saturated heterocycles. The molecule has 6 heteroatoms. The van der Waals surface area contributed by atoms with Crippen LogP contribution in [0.4, 0.5) is 5.69 Å². The van der Waals surface area contributed by atoms with Gasteiger partial charge in [0.05, 0.1) is 5.69 Å². The Balaban J connectivity index is 1.85. The summed E-state index contributed by atoms with van der Waals surface area (Å²) in [5.41, 5.74) is 1.98. The number of carbonyl (C=O) groups is 2. The van der Waals surface area contributed by atoms with Crippen molar-refractivity contribution in [1.82, 2.24) is 0 Å². The predicted octanol–water partition coefficient (Wildman–Crippen LogP) is 3.01. The van der Waals surface area contributed by atoms with Crippen LogP contribution in [0.25, 0.3) is 0 Å². The van der Waals surface area contributed by atoms with E-state index in [0.29, 0.717) is 23.5 Å². The quantitative estimate of drug-likeness (QED) is 0.893. The number of carbonyl (C=O) groups excluding carboxylic acids is 1. The Labute approximate surface area is 145 Å². The molecule has 0 spiro atoms. The number of rotatable bonds is 4. The van der Waals surface area contributed by atoms with E-state index in [9.17, 15) is 14.7 Å². The number of amides is 1. The Morgan fingerprint density at radius 2 is 1.92 bits per heavy atom. The minimum absolute atomic E-state index is 0.0961. The number of para-hydroxylation sites is 1. The van der Waals surface area contributed by atoms with E-state index in [1.54, 1.807) is 41.3 Å². The highest BCUT2D eigenvalue weighted by Gasteiger charge is 2.29. The number of phenols is 1. The van der Waals surface area contributed by atoms with Gasteiger partial charge in [0.2, 0.25) is 0 Å². The average molecular weight is 341 g/mol. The van der Waals surface area contributed by atoms with E-state index in [1.807, 2.05) is 6.07 Å². The zero-order chi connectivity index (χ0) is 18.0. The second-order valence-electron chi connectivity index (χ2n) is 6.07. The topological polar surface area (TPSA) is 87.1 Å². The zero-order valence-corrected chi connectivity index (χ0v) is 13.8. The fourth-order valence-electron chi connectivity index (χ4n) is 3.03. The molecule has 2 aromatic carbocycles. The van der Waals surface area contributed by atoms with Crippen LogP contribution in [0, 0.1) is 0 Å². The van der Waals surface area contributed by atoms with Crippen molar-refractivity contribution in [2.45, 2.75) is 19.3 Å². The van der Waals surface area contributed by atoms with E-state index < -0.39 is 12.6 Å². The van der Waals surface area contributed by atoms with Crippen molar-refractivity contribution < 1.29 is 24.5 Å². The van der Waals surface area contributed by atoms with Gasteiger partial charge in [0, 0.05) is 12.1 Å². The SMILES string of the molecule is CC1CCN(C(=O)c2ccc(OCC(=O)O)cc2)c2c(O)cccc21. The third kappa shape index (κ3) is 3.42. The number of anilines is 1. The number of fused-ring (bicyclic) bond motifs is 1. The first-order valence-corrected chi connectivity index (χ1v) is 8.05. The summed E-state index contributed by atoms with van der Waals surface area (Å²) < 4.78 is 5.07. The molecule has 0 bridgehead atoms. The predicted molar refractivity (Wildman–Crippen MR) is 92.4 cm³/mol. The van der Waals surface area contributed by atoms with Crippen LogP contribution in [0.15, 0.2) is 42.5 Å². The van der Waals surface area contributed by atoms with Gasteiger partial charge in [0.25, 0.3) is 5.91 Å². The third-order valence-corrected chi connectivity index (χ3v) is 4.34. The smallest absolute Gasteiger partial charge is 0.341 e. The summed E-state index contributed by atoms with van der Waals surface area (Å²) in [6.45, 7) is 2.18. The Bertz CT molecular complexity index is 800. The normalized spacial score (nSPS) is 16.2. The van der Waals surface area contributed by atoms with Crippen molar-refractivity contribution >= 4 is 17.6 Å². The largest absolute Gasteiger partial charge is 0.506 e. The molecule has 0 saturated carbocycles.